The van der Waals surface area contributed by atoms with Crippen LogP contribution in [0.5, 0.6) is 0 Å². The molecule has 1 aliphatic carbocycles. The van der Waals surface area contributed by atoms with Crippen molar-refractivity contribution in [2.75, 3.05) is 7.05 Å². The minimum atomic E-state index is 0.801. The predicted molar refractivity (Wildman–Crippen MR) is 77.3 cm³/mol. The van der Waals surface area contributed by atoms with Gasteiger partial charge in [0.15, 0.2) is 0 Å². The molecule has 0 radical (unpaired) electrons. The first-order valence-corrected chi connectivity index (χ1v) is 7.84. The molecule has 102 valence electrons. The van der Waals surface area contributed by atoms with Crippen LogP contribution >= 0.6 is 0 Å². The summed E-state index contributed by atoms with van der Waals surface area (Å²) in [6, 6.07) is 0.801. The van der Waals surface area contributed by atoms with Crippen LogP contribution in [0.15, 0.2) is 0 Å². The summed E-state index contributed by atoms with van der Waals surface area (Å²) in [6.45, 7) is 7.02. The largest absolute Gasteiger partial charge is 0.317 e. The zero-order chi connectivity index (χ0) is 12.7. The zero-order valence-corrected chi connectivity index (χ0v) is 12.5. The van der Waals surface area contributed by atoms with E-state index in [9.17, 15) is 0 Å². The van der Waals surface area contributed by atoms with Crippen LogP contribution in [0, 0.1) is 17.8 Å². The first-order chi connectivity index (χ1) is 8.17. The molecule has 1 aliphatic rings. The second kappa shape index (κ2) is 8.13. The summed E-state index contributed by atoms with van der Waals surface area (Å²) in [5.41, 5.74) is 0. The maximum atomic E-state index is 3.55. The van der Waals surface area contributed by atoms with E-state index in [1.807, 2.05) is 0 Å². The van der Waals surface area contributed by atoms with E-state index in [1.54, 1.807) is 0 Å². The molecule has 17 heavy (non-hydrogen) atoms. The van der Waals surface area contributed by atoms with Crippen molar-refractivity contribution in [1.29, 1.82) is 0 Å². The Bertz CT molecular complexity index is 188. The Hall–Kier alpha value is -0.0400. The molecule has 0 aromatic carbocycles. The molecule has 1 fully saturated rings. The third-order valence-corrected chi connectivity index (χ3v) is 4.52. The van der Waals surface area contributed by atoms with Crippen molar-refractivity contribution in [1.82, 2.24) is 5.32 Å². The summed E-state index contributed by atoms with van der Waals surface area (Å²) >= 11 is 0. The standard InChI is InChI=1S/C16H33N/c1-5-7-14-10-11-16(17-4)15(12-14)9-6-8-13(2)3/h13-17H,5-12H2,1-4H3. The van der Waals surface area contributed by atoms with Gasteiger partial charge in [0.2, 0.25) is 0 Å². The van der Waals surface area contributed by atoms with Gasteiger partial charge in [0.1, 0.15) is 0 Å². The molecule has 0 heterocycles. The Labute approximate surface area is 109 Å². The van der Waals surface area contributed by atoms with Crippen LogP contribution < -0.4 is 5.32 Å². The van der Waals surface area contributed by atoms with Crippen LogP contribution in [-0.2, 0) is 0 Å². The molecule has 0 aromatic rings. The molecule has 0 saturated heterocycles. The fourth-order valence-electron chi connectivity index (χ4n) is 3.52. The second-order valence-corrected chi connectivity index (χ2v) is 6.45. The van der Waals surface area contributed by atoms with E-state index in [-0.39, 0.29) is 0 Å². The number of rotatable bonds is 7. The SMILES string of the molecule is CCCC1CCC(NC)C(CCCC(C)C)C1. The first kappa shape index (κ1) is 15.0. The summed E-state index contributed by atoms with van der Waals surface area (Å²) < 4.78 is 0. The van der Waals surface area contributed by atoms with E-state index in [2.05, 4.69) is 33.1 Å². The monoisotopic (exact) mass is 239 g/mol. The average molecular weight is 239 g/mol. The van der Waals surface area contributed by atoms with E-state index in [1.165, 1.54) is 51.4 Å². The molecule has 0 amide bonds. The van der Waals surface area contributed by atoms with Crippen LogP contribution in [0.4, 0.5) is 0 Å². The normalized spacial score (nSPS) is 29.8. The Morgan fingerprint density at radius 2 is 1.94 bits per heavy atom. The summed E-state index contributed by atoms with van der Waals surface area (Å²) in [5.74, 6) is 2.84. The van der Waals surface area contributed by atoms with Crippen molar-refractivity contribution in [3.8, 4) is 0 Å². The van der Waals surface area contributed by atoms with Crippen LogP contribution in [0.3, 0.4) is 0 Å². The Balaban J connectivity index is 2.34. The lowest BCUT2D eigenvalue weighted by Gasteiger charge is -2.36. The summed E-state index contributed by atoms with van der Waals surface area (Å²) in [6.07, 6.45) is 11.5. The van der Waals surface area contributed by atoms with Gasteiger partial charge in [-0.15, -0.1) is 0 Å². The van der Waals surface area contributed by atoms with Crippen LogP contribution in [0.1, 0.15) is 72.1 Å². The highest BCUT2D eigenvalue weighted by Gasteiger charge is 2.28. The summed E-state index contributed by atoms with van der Waals surface area (Å²) in [7, 11) is 2.15. The number of hydrogen-bond acceptors (Lipinski definition) is 1. The molecular weight excluding hydrogens is 206 g/mol. The Morgan fingerprint density at radius 1 is 1.18 bits per heavy atom. The fourth-order valence-corrected chi connectivity index (χ4v) is 3.52. The molecule has 1 heteroatoms. The van der Waals surface area contributed by atoms with E-state index in [0.29, 0.717) is 0 Å². The summed E-state index contributed by atoms with van der Waals surface area (Å²) in [5, 5.41) is 3.55. The average Bonchev–Trinajstić information content (AvgIpc) is 2.29. The smallest absolute Gasteiger partial charge is 0.00925 e. The third kappa shape index (κ3) is 5.42. The van der Waals surface area contributed by atoms with Crippen molar-refractivity contribution < 1.29 is 0 Å². The molecule has 1 nitrogen and oxygen atoms in total. The molecule has 0 aliphatic heterocycles. The van der Waals surface area contributed by atoms with Crippen molar-refractivity contribution in [3.05, 3.63) is 0 Å². The van der Waals surface area contributed by atoms with Gasteiger partial charge in [-0.3, -0.25) is 0 Å². The fraction of sp³-hybridized carbons (Fsp3) is 1.00. The first-order valence-electron chi connectivity index (χ1n) is 7.84. The van der Waals surface area contributed by atoms with E-state index >= 15 is 0 Å². The van der Waals surface area contributed by atoms with Gasteiger partial charge >= 0.3 is 0 Å². The van der Waals surface area contributed by atoms with Crippen LogP contribution in [-0.4, -0.2) is 13.1 Å². The van der Waals surface area contributed by atoms with Gasteiger partial charge in [0.25, 0.3) is 0 Å². The quantitative estimate of drug-likeness (QED) is 0.683. The van der Waals surface area contributed by atoms with E-state index in [4.69, 9.17) is 0 Å². The topological polar surface area (TPSA) is 12.0 Å². The highest BCUT2D eigenvalue weighted by atomic mass is 14.9. The van der Waals surface area contributed by atoms with Gasteiger partial charge in [-0.1, -0.05) is 46.5 Å². The minimum Gasteiger partial charge on any atom is -0.317 e. The molecule has 0 aromatic heterocycles. The van der Waals surface area contributed by atoms with Crippen molar-refractivity contribution in [3.63, 3.8) is 0 Å². The zero-order valence-electron chi connectivity index (χ0n) is 12.5. The minimum absolute atomic E-state index is 0.801. The molecule has 3 unspecified atom stereocenters. The maximum Gasteiger partial charge on any atom is 0.00925 e. The van der Waals surface area contributed by atoms with E-state index < -0.39 is 0 Å². The highest BCUT2D eigenvalue weighted by molar-refractivity contribution is 4.83. The second-order valence-electron chi connectivity index (χ2n) is 6.45. The molecule has 0 bridgehead atoms. The van der Waals surface area contributed by atoms with Gasteiger partial charge < -0.3 is 5.32 Å². The molecular formula is C16H33N. The lowest BCUT2D eigenvalue weighted by atomic mass is 9.74. The van der Waals surface area contributed by atoms with Gasteiger partial charge in [-0.25, -0.2) is 0 Å². The Morgan fingerprint density at radius 3 is 2.53 bits per heavy atom. The molecule has 1 saturated carbocycles. The Kier molecular flexibility index (Phi) is 7.18. The van der Waals surface area contributed by atoms with Gasteiger partial charge in [-0.2, -0.15) is 0 Å². The molecule has 0 spiro atoms. The van der Waals surface area contributed by atoms with Crippen molar-refractivity contribution in [2.24, 2.45) is 17.8 Å². The van der Waals surface area contributed by atoms with Crippen LogP contribution in [0.25, 0.3) is 0 Å². The van der Waals surface area contributed by atoms with Gasteiger partial charge in [0.05, 0.1) is 0 Å². The lowest BCUT2D eigenvalue weighted by Crippen LogP contribution is -2.38. The lowest BCUT2D eigenvalue weighted by molar-refractivity contribution is 0.187. The van der Waals surface area contributed by atoms with Crippen LogP contribution in [0.2, 0.25) is 0 Å². The summed E-state index contributed by atoms with van der Waals surface area (Å²) in [4.78, 5) is 0. The third-order valence-electron chi connectivity index (χ3n) is 4.52. The highest BCUT2D eigenvalue weighted by Crippen LogP contribution is 2.35. The van der Waals surface area contributed by atoms with Crippen molar-refractivity contribution >= 4 is 0 Å². The van der Waals surface area contributed by atoms with E-state index in [0.717, 1.165) is 23.8 Å². The molecule has 3 atom stereocenters. The number of hydrogen-bond donors (Lipinski definition) is 1. The van der Waals surface area contributed by atoms with Gasteiger partial charge in [0, 0.05) is 6.04 Å². The molecule has 1 N–H and O–H groups in total. The predicted octanol–water partition coefficient (Wildman–Crippen LogP) is 4.62. The maximum absolute atomic E-state index is 3.55. The van der Waals surface area contributed by atoms with Gasteiger partial charge in [-0.05, 0) is 50.5 Å². The number of nitrogens with one attached hydrogen (secondary N) is 1. The van der Waals surface area contributed by atoms with Crippen molar-refractivity contribution in [2.45, 2.75) is 78.2 Å². The molecule has 1 rings (SSSR count).